The standard InChI is InChI=1S/C10H18O7/c1-13-9(11)15-5-7-3-4-8(17-7)6-16-10(12)14-2/h7-9,11H,3-6H2,1-2H3. The lowest BCUT2D eigenvalue weighted by atomic mass is 10.2. The second-order valence-corrected chi connectivity index (χ2v) is 3.60. The molecule has 100 valence electrons. The Hall–Kier alpha value is -0.890. The minimum atomic E-state index is -1.23. The molecule has 0 bridgehead atoms. The molecule has 0 aromatic carbocycles. The van der Waals surface area contributed by atoms with E-state index >= 15 is 0 Å². The molecule has 0 radical (unpaired) electrons. The topological polar surface area (TPSA) is 83.5 Å². The van der Waals surface area contributed by atoms with Gasteiger partial charge in [0.1, 0.15) is 6.61 Å². The Morgan fingerprint density at radius 3 is 2.59 bits per heavy atom. The molecule has 0 aliphatic carbocycles. The third-order valence-electron chi connectivity index (χ3n) is 2.38. The third-order valence-corrected chi connectivity index (χ3v) is 2.38. The Bertz CT molecular complexity index is 233. The van der Waals surface area contributed by atoms with Gasteiger partial charge in [-0.1, -0.05) is 0 Å². The van der Waals surface area contributed by atoms with Crippen molar-refractivity contribution < 1.29 is 33.6 Å². The summed E-state index contributed by atoms with van der Waals surface area (Å²) >= 11 is 0. The van der Waals surface area contributed by atoms with Gasteiger partial charge in [-0.05, 0) is 12.8 Å². The van der Waals surface area contributed by atoms with Gasteiger partial charge in [-0.25, -0.2) is 4.79 Å². The number of carbonyl (C=O) groups is 1. The average Bonchev–Trinajstić information content (AvgIpc) is 2.80. The quantitative estimate of drug-likeness (QED) is 0.534. The van der Waals surface area contributed by atoms with Crippen LogP contribution in [0.5, 0.6) is 0 Å². The minimum Gasteiger partial charge on any atom is -0.438 e. The van der Waals surface area contributed by atoms with Crippen molar-refractivity contribution in [2.24, 2.45) is 0 Å². The van der Waals surface area contributed by atoms with E-state index in [0.29, 0.717) is 0 Å². The highest BCUT2D eigenvalue weighted by Crippen LogP contribution is 2.20. The molecule has 1 rings (SSSR count). The molecule has 1 aliphatic heterocycles. The molecule has 7 heteroatoms. The summed E-state index contributed by atoms with van der Waals surface area (Å²) in [5.74, 6) is 0. The predicted octanol–water partition coefficient (Wildman–Crippen LogP) is 0.256. The van der Waals surface area contributed by atoms with Crippen molar-refractivity contribution in [2.75, 3.05) is 27.4 Å². The summed E-state index contributed by atoms with van der Waals surface area (Å²) < 4.78 is 24.1. The van der Waals surface area contributed by atoms with Crippen LogP contribution in [0.1, 0.15) is 12.8 Å². The first-order valence-electron chi connectivity index (χ1n) is 5.34. The first-order chi connectivity index (χ1) is 8.15. The second-order valence-electron chi connectivity index (χ2n) is 3.60. The number of methoxy groups -OCH3 is 2. The Balaban J connectivity index is 2.12. The molecule has 3 atom stereocenters. The molecule has 1 N–H and O–H groups in total. The van der Waals surface area contributed by atoms with Crippen LogP contribution < -0.4 is 0 Å². The van der Waals surface area contributed by atoms with E-state index in [-0.39, 0.29) is 25.4 Å². The van der Waals surface area contributed by atoms with Crippen LogP contribution in [0.15, 0.2) is 0 Å². The van der Waals surface area contributed by atoms with Crippen molar-refractivity contribution in [3.63, 3.8) is 0 Å². The van der Waals surface area contributed by atoms with E-state index < -0.39 is 12.6 Å². The zero-order valence-electron chi connectivity index (χ0n) is 9.96. The van der Waals surface area contributed by atoms with Crippen molar-refractivity contribution in [3.05, 3.63) is 0 Å². The van der Waals surface area contributed by atoms with Crippen LogP contribution in [0, 0.1) is 0 Å². The van der Waals surface area contributed by atoms with Crippen LogP contribution in [-0.4, -0.2) is 57.4 Å². The molecule has 1 heterocycles. The van der Waals surface area contributed by atoms with Crippen LogP contribution in [-0.2, 0) is 23.7 Å². The van der Waals surface area contributed by atoms with Gasteiger partial charge >= 0.3 is 6.16 Å². The average molecular weight is 250 g/mol. The van der Waals surface area contributed by atoms with Gasteiger partial charge in [-0.15, -0.1) is 0 Å². The maximum absolute atomic E-state index is 10.7. The monoisotopic (exact) mass is 250 g/mol. The minimum absolute atomic E-state index is 0.119. The third kappa shape index (κ3) is 5.31. The van der Waals surface area contributed by atoms with Gasteiger partial charge in [0.2, 0.25) is 0 Å². The zero-order valence-corrected chi connectivity index (χ0v) is 9.96. The summed E-state index contributed by atoms with van der Waals surface area (Å²) in [5.41, 5.74) is 0. The maximum atomic E-state index is 10.7. The van der Waals surface area contributed by atoms with Crippen LogP contribution in [0.4, 0.5) is 4.79 Å². The fraction of sp³-hybridized carbons (Fsp3) is 0.900. The first-order valence-corrected chi connectivity index (χ1v) is 5.34. The molecule has 17 heavy (non-hydrogen) atoms. The number of rotatable bonds is 6. The lowest BCUT2D eigenvalue weighted by Gasteiger charge is -2.15. The fourth-order valence-electron chi connectivity index (χ4n) is 1.50. The molecule has 0 amide bonds. The van der Waals surface area contributed by atoms with E-state index in [4.69, 9.17) is 19.3 Å². The Labute approximate surface area is 99.5 Å². The molecule has 1 fully saturated rings. The smallest absolute Gasteiger partial charge is 0.438 e. The molecular formula is C10H18O7. The SMILES string of the molecule is COC(=O)OCC1CCC(COC(O)OC)O1. The molecule has 1 aliphatic rings. The van der Waals surface area contributed by atoms with Gasteiger partial charge in [-0.3, -0.25) is 0 Å². The summed E-state index contributed by atoms with van der Waals surface area (Å²) in [5, 5.41) is 9.01. The van der Waals surface area contributed by atoms with Crippen molar-refractivity contribution in [3.8, 4) is 0 Å². The predicted molar refractivity (Wildman–Crippen MR) is 55.2 cm³/mol. The number of aliphatic hydroxyl groups is 1. The second kappa shape index (κ2) is 7.44. The fourth-order valence-corrected chi connectivity index (χ4v) is 1.50. The molecule has 0 aromatic rings. The van der Waals surface area contributed by atoms with Crippen molar-refractivity contribution in [1.29, 1.82) is 0 Å². The number of hydrogen-bond donors (Lipinski definition) is 1. The number of hydrogen-bond acceptors (Lipinski definition) is 7. The number of ether oxygens (including phenoxy) is 5. The number of carbonyl (C=O) groups excluding carboxylic acids is 1. The van der Waals surface area contributed by atoms with Gasteiger partial charge in [-0.2, -0.15) is 0 Å². The summed E-state index contributed by atoms with van der Waals surface area (Å²) in [7, 11) is 2.59. The van der Waals surface area contributed by atoms with Crippen LogP contribution >= 0.6 is 0 Å². The Morgan fingerprint density at radius 1 is 1.35 bits per heavy atom. The van der Waals surface area contributed by atoms with Crippen LogP contribution in [0.25, 0.3) is 0 Å². The maximum Gasteiger partial charge on any atom is 0.508 e. The lowest BCUT2D eigenvalue weighted by molar-refractivity contribution is -0.259. The largest absolute Gasteiger partial charge is 0.508 e. The normalized spacial score (nSPS) is 25.6. The van der Waals surface area contributed by atoms with E-state index in [1.54, 1.807) is 0 Å². The lowest BCUT2D eigenvalue weighted by Crippen LogP contribution is -2.25. The van der Waals surface area contributed by atoms with Gasteiger partial charge in [0.25, 0.3) is 6.48 Å². The Morgan fingerprint density at radius 2 is 2.00 bits per heavy atom. The van der Waals surface area contributed by atoms with E-state index in [9.17, 15) is 4.79 Å². The molecule has 7 nitrogen and oxygen atoms in total. The van der Waals surface area contributed by atoms with Gasteiger partial charge in [0.05, 0.1) is 25.9 Å². The molecule has 3 unspecified atom stereocenters. The molecule has 0 spiro atoms. The summed E-state index contributed by atoms with van der Waals surface area (Å²) in [6.45, 7) is -0.830. The van der Waals surface area contributed by atoms with E-state index in [2.05, 4.69) is 9.47 Å². The van der Waals surface area contributed by atoms with E-state index in [1.165, 1.54) is 14.2 Å². The summed E-state index contributed by atoms with van der Waals surface area (Å²) in [6.07, 6.45) is 0.566. The first kappa shape index (κ1) is 14.2. The summed E-state index contributed by atoms with van der Waals surface area (Å²) in [6, 6.07) is 0. The summed E-state index contributed by atoms with van der Waals surface area (Å²) in [4.78, 5) is 10.7. The van der Waals surface area contributed by atoms with Crippen LogP contribution in [0.2, 0.25) is 0 Å². The number of aliphatic hydroxyl groups excluding tert-OH is 1. The van der Waals surface area contributed by atoms with Crippen molar-refractivity contribution in [2.45, 2.75) is 31.5 Å². The molecule has 0 aromatic heterocycles. The molecule has 1 saturated heterocycles. The molecule has 0 saturated carbocycles. The highest BCUT2D eigenvalue weighted by molar-refractivity contribution is 5.59. The Kier molecular flexibility index (Phi) is 6.20. The van der Waals surface area contributed by atoms with Gasteiger partial charge in [0.15, 0.2) is 0 Å². The van der Waals surface area contributed by atoms with Gasteiger partial charge in [0, 0.05) is 7.11 Å². The van der Waals surface area contributed by atoms with E-state index in [0.717, 1.165) is 12.8 Å². The molecular weight excluding hydrogens is 232 g/mol. The zero-order chi connectivity index (χ0) is 12.7. The highest BCUT2D eigenvalue weighted by Gasteiger charge is 2.27. The van der Waals surface area contributed by atoms with Crippen LogP contribution in [0.3, 0.4) is 0 Å². The van der Waals surface area contributed by atoms with Gasteiger partial charge < -0.3 is 28.8 Å². The van der Waals surface area contributed by atoms with Crippen molar-refractivity contribution >= 4 is 6.16 Å². The van der Waals surface area contributed by atoms with Crippen molar-refractivity contribution in [1.82, 2.24) is 0 Å². The highest BCUT2D eigenvalue weighted by atomic mass is 16.8. The van der Waals surface area contributed by atoms with E-state index in [1.807, 2.05) is 0 Å².